The van der Waals surface area contributed by atoms with Crippen LogP contribution < -0.4 is 0 Å². The molecule has 1 heteroatoms. The molecule has 0 aliphatic heterocycles. The van der Waals surface area contributed by atoms with Crippen molar-refractivity contribution >= 4 is 10.9 Å². The van der Waals surface area contributed by atoms with E-state index >= 15 is 0 Å². The molecule has 0 fully saturated rings. The van der Waals surface area contributed by atoms with E-state index in [4.69, 9.17) is 0 Å². The zero-order chi connectivity index (χ0) is 16.2. The third-order valence-electron chi connectivity index (χ3n) is 4.59. The van der Waals surface area contributed by atoms with Crippen LogP contribution in [0.25, 0.3) is 10.9 Å². The van der Waals surface area contributed by atoms with Gasteiger partial charge in [0.15, 0.2) is 0 Å². The molecule has 118 valence electrons. The molecule has 0 amide bonds. The number of benzene rings is 3. The first-order valence-electron chi connectivity index (χ1n) is 8.55. The lowest BCUT2D eigenvalue weighted by Gasteiger charge is -2.11. The van der Waals surface area contributed by atoms with Gasteiger partial charge >= 0.3 is 0 Å². The summed E-state index contributed by atoms with van der Waals surface area (Å²) in [6.45, 7) is 0.929. The van der Waals surface area contributed by atoms with Crippen LogP contribution in [0, 0.1) is 0 Å². The standard InChI is InChI=1S/C23H21N/c1-3-9-19(10-4-1)15-16-22-17-21-13-7-8-14-23(21)24(22)18-20-11-5-2-6-12-20/h1-14,17H,15-16,18H2. The molecule has 0 radical (unpaired) electrons. The minimum absolute atomic E-state index is 0.929. The number of nitrogens with zero attached hydrogens (tertiary/aromatic N) is 1. The molecule has 0 atom stereocenters. The highest BCUT2D eigenvalue weighted by Gasteiger charge is 2.09. The minimum Gasteiger partial charge on any atom is -0.340 e. The Kier molecular flexibility index (Phi) is 4.16. The zero-order valence-corrected chi connectivity index (χ0v) is 13.7. The van der Waals surface area contributed by atoms with Crippen LogP contribution in [0.15, 0.2) is 91.0 Å². The van der Waals surface area contributed by atoms with Crippen molar-refractivity contribution in [2.75, 3.05) is 0 Å². The maximum Gasteiger partial charge on any atom is 0.0485 e. The van der Waals surface area contributed by atoms with Gasteiger partial charge in [-0.3, -0.25) is 0 Å². The average molecular weight is 311 g/mol. The lowest BCUT2D eigenvalue weighted by atomic mass is 10.1. The first-order valence-corrected chi connectivity index (χ1v) is 8.55. The second kappa shape index (κ2) is 6.76. The second-order valence-electron chi connectivity index (χ2n) is 6.25. The van der Waals surface area contributed by atoms with Crippen LogP contribution in [0.1, 0.15) is 16.8 Å². The number of fused-ring (bicyclic) bond motifs is 1. The van der Waals surface area contributed by atoms with Crippen LogP contribution in [0.3, 0.4) is 0 Å². The molecule has 1 heterocycles. The summed E-state index contributed by atoms with van der Waals surface area (Å²) in [6, 6.07) is 32.5. The van der Waals surface area contributed by atoms with Crippen molar-refractivity contribution in [2.45, 2.75) is 19.4 Å². The molecule has 0 bridgehead atoms. The van der Waals surface area contributed by atoms with E-state index < -0.39 is 0 Å². The van der Waals surface area contributed by atoms with E-state index in [9.17, 15) is 0 Å². The van der Waals surface area contributed by atoms with E-state index in [1.807, 2.05) is 0 Å². The fourth-order valence-corrected chi connectivity index (χ4v) is 3.34. The number of hydrogen-bond acceptors (Lipinski definition) is 0. The van der Waals surface area contributed by atoms with Crippen LogP contribution >= 0.6 is 0 Å². The van der Waals surface area contributed by atoms with Crippen LogP contribution in [0.4, 0.5) is 0 Å². The normalized spacial score (nSPS) is 11.0. The SMILES string of the molecule is c1ccc(CCc2cc3ccccc3n2Cc2ccccc2)cc1. The first kappa shape index (κ1) is 14.8. The highest BCUT2D eigenvalue weighted by atomic mass is 15.0. The fourth-order valence-electron chi connectivity index (χ4n) is 3.34. The first-order chi connectivity index (χ1) is 11.9. The van der Waals surface area contributed by atoms with E-state index in [1.54, 1.807) is 0 Å². The van der Waals surface area contributed by atoms with Crippen molar-refractivity contribution in [3.8, 4) is 0 Å². The van der Waals surface area contributed by atoms with E-state index in [2.05, 4.69) is 95.6 Å². The summed E-state index contributed by atoms with van der Waals surface area (Å²) in [5, 5.41) is 1.33. The predicted octanol–water partition coefficient (Wildman–Crippen LogP) is 5.47. The Hall–Kier alpha value is -2.80. The van der Waals surface area contributed by atoms with Crippen molar-refractivity contribution < 1.29 is 0 Å². The number of para-hydroxylation sites is 1. The maximum absolute atomic E-state index is 2.47. The summed E-state index contributed by atoms with van der Waals surface area (Å²) in [6.07, 6.45) is 2.14. The Morgan fingerprint density at radius 1 is 0.583 bits per heavy atom. The Labute approximate surface area is 143 Å². The number of hydrogen-bond donors (Lipinski definition) is 0. The molecule has 0 spiro atoms. The third-order valence-corrected chi connectivity index (χ3v) is 4.59. The molecule has 4 aromatic rings. The zero-order valence-electron chi connectivity index (χ0n) is 13.7. The molecule has 0 aliphatic carbocycles. The molecule has 0 saturated carbocycles. The predicted molar refractivity (Wildman–Crippen MR) is 101 cm³/mol. The summed E-state index contributed by atoms with van der Waals surface area (Å²) >= 11 is 0. The van der Waals surface area contributed by atoms with Gasteiger partial charge in [-0.05, 0) is 41.5 Å². The van der Waals surface area contributed by atoms with Gasteiger partial charge in [-0.1, -0.05) is 78.9 Å². The Balaban J connectivity index is 1.67. The summed E-state index contributed by atoms with van der Waals surface area (Å²) in [7, 11) is 0. The summed E-state index contributed by atoms with van der Waals surface area (Å²) in [5.41, 5.74) is 5.47. The number of rotatable bonds is 5. The van der Waals surface area contributed by atoms with E-state index in [1.165, 1.54) is 27.7 Å². The largest absolute Gasteiger partial charge is 0.340 e. The molecule has 0 saturated heterocycles. The molecule has 0 N–H and O–H groups in total. The Morgan fingerprint density at radius 2 is 1.21 bits per heavy atom. The molecule has 1 aromatic heterocycles. The van der Waals surface area contributed by atoms with E-state index in [-0.39, 0.29) is 0 Å². The summed E-state index contributed by atoms with van der Waals surface area (Å²) in [4.78, 5) is 0. The molecule has 0 unspecified atom stereocenters. The monoisotopic (exact) mass is 311 g/mol. The highest BCUT2D eigenvalue weighted by Crippen LogP contribution is 2.22. The van der Waals surface area contributed by atoms with Gasteiger partial charge in [-0.25, -0.2) is 0 Å². The highest BCUT2D eigenvalue weighted by molar-refractivity contribution is 5.81. The van der Waals surface area contributed by atoms with Crippen molar-refractivity contribution in [3.05, 3.63) is 108 Å². The van der Waals surface area contributed by atoms with Gasteiger partial charge in [0.25, 0.3) is 0 Å². The molecule has 0 aliphatic rings. The van der Waals surface area contributed by atoms with Crippen molar-refractivity contribution in [1.29, 1.82) is 0 Å². The van der Waals surface area contributed by atoms with Gasteiger partial charge in [0.2, 0.25) is 0 Å². The van der Waals surface area contributed by atoms with Crippen LogP contribution in [-0.4, -0.2) is 4.57 Å². The molecular formula is C23H21N. The van der Waals surface area contributed by atoms with Gasteiger partial charge in [-0.15, -0.1) is 0 Å². The van der Waals surface area contributed by atoms with Gasteiger partial charge in [0, 0.05) is 17.8 Å². The van der Waals surface area contributed by atoms with Crippen molar-refractivity contribution in [2.24, 2.45) is 0 Å². The second-order valence-corrected chi connectivity index (χ2v) is 6.25. The summed E-state index contributed by atoms with van der Waals surface area (Å²) in [5.74, 6) is 0. The van der Waals surface area contributed by atoms with Crippen LogP contribution in [-0.2, 0) is 19.4 Å². The van der Waals surface area contributed by atoms with E-state index in [0.717, 1.165) is 19.4 Å². The Morgan fingerprint density at radius 3 is 1.96 bits per heavy atom. The lowest BCUT2D eigenvalue weighted by molar-refractivity contribution is 0.754. The van der Waals surface area contributed by atoms with Crippen molar-refractivity contribution in [1.82, 2.24) is 4.57 Å². The fraction of sp³-hybridized carbons (Fsp3) is 0.130. The third kappa shape index (κ3) is 3.11. The van der Waals surface area contributed by atoms with Crippen molar-refractivity contribution in [3.63, 3.8) is 0 Å². The van der Waals surface area contributed by atoms with Gasteiger partial charge in [0.1, 0.15) is 0 Å². The molecule has 4 rings (SSSR count). The van der Waals surface area contributed by atoms with E-state index in [0.29, 0.717) is 0 Å². The summed E-state index contributed by atoms with van der Waals surface area (Å²) < 4.78 is 2.47. The topological polar surface area (TPSA) is 4.93 Å². The van der Waals surface area contributed by atoms with Gasteiger partial charge in [0.05, 0.1) is 0 Å². The number of aromatic nitrogens is 1. The Bertz CT molecular complexity index is 920. The van der Waals surface area contributed by atoms with Crippen LogP contribution in [0.5, 0.6) is 0 Å². The maximum atomic E-state index is 2.47. The molecule has 24 heavy (non-hydrogen) atoms. The molecule has 3 aromatic carbocycles. The number of aryl methyl sites for hydroxylation is 2. The molecule has 1 nitrogen and oxygen atoms in total. The lowest BCUT2D eigenvalue weighted by Crippen LogP contribution is -2.05. The molecular weight excluding hydrogens is 290 g/mol. The van der Waals surface area contributed by atoms with Gasteiger partial charge in [-0.2, -0.15) is 0 Å². The quantitative estimate of drug-likeness (QED) is 0.460. The minimum atomic E-state index is 0.929. The smallest absolute Gasteiger partial charge is 0.0485 e. The average Bonchev–Trinajstić information content (AvgIpc) is 2.99. The van der Waals surface area contributed by atoms with Gasteiger partial charge < -0.3 is 4.57 Å². The van der Waals surface area contributed by atoms with Crippen LogP contribution in [0.2, 0.25) is 0 Å².